The first kappa shape index (κ1) is 31.4. The molecule has 56 heavy (non-hydrogen) atoms. The van der Waals surface area contributed by atoms with Crippen LogP contribution < -0.4 is 0 Å². The Balaban J connectivity index is 1.07. The van der Waals surface area contributed by atoms with Gasteiger partial charge in [0.2, 0.25) is 0 Å². The third kappa shape index (κ3) is 4.44. The lowest BCUT2D eigenvalue weighted by Crippen LogP contribution is -2.17. The Bertz CT molecular complexity index is 3220. The van der Waals surface area contributed by atoms with Crippen molar-refractivity contribution >= 4 is 44.4 Å². The van der Waals surface area contributed by atoms with Crippen LogP contribution >= 0.6 is 0 Å². The van der Waals surface area contributed by atoms with E-state index in [1.54, 1.807) is 0 Å². The van der Waals surface area contributed by atoms with Crippen LogP contribution in [0.2, 0.25) is 0 Å². The molecule has 12 rings (SSSR count). The van der Waals surface area contributed by atoms with E-state index in [-0.39, 0.29) is 5.41 Å². The molecule has 0 fully saturated rings. The van der Waals surface area contributed by atoms with Gasteiger partial charge in [-0.25, -0.2) is 15.0 Å². The van der Waals surface area contributed by atoms with Crippen LogP contribution in [0.5, 0.6) is 0 Å². The summed E-state index contributed by atoms with van der Waals surface area (Å²) in [5.74, 6) is 1.93. The van der Waals surface area contributed by atoms with E-state index in [2.05, 4.69) is 141 Å². The van der Waals surface area contributed by atoms with Gasteiger partial charge >= 0.3 is 0 Å². The topological polar surface area (TPSA) is 51.8 Å². The van der Waals surface area contributed by atoms with Gasteiger partial charge in [-0.1, -0.05) is 147 Å². The average Bonchev–Trinajstić information content (AvgIpc) is 3.74. The molecule has 264 valence electrons. The molecule has 0 spiro atoms. The molecule has 0 N–H and O–H groups in total. The van der Waals surface area contributed by atoms with E-state index < -0.39 is 0 Å². The molecule has 2 aromatic heterocycles. The van der Waals surface area contributed by atoms with E-state index in [0.29, 0.717) is 17.5 Å². The third-order valence-corrected chi connectivity index (χ3v) is 12.4. The monoisotopic (exact) mass is 717 g/mol. The zero-order valence-corrected chi connectivity index (χ0v) is 31.1. The number of benzene rings is 7. The van der Waals surface area contributed by atoms with Crippen LogP contribution in [0.3, 0.4) is 0 Å². The molecule has 3 aliphatic carbocycles. The SMILES string of the molecule is CC1(C)c2ccccc2-c2cccc(-c3nc(-c4ccccc4)nc(-c4cccc5oc6ccc(-c7ccc8ccc9c%10c8c7CC=C%10CC=C9)cc6c45)n3)c21. The molecule has 0 aliphatic heterocycles. The van der Waals surface area contributed by atoms with Crippen LogP contribution in [0.4, 0.5) is 0 Å². The van der Waals surface area contributed by atoms with Gasteiger partial charge in [0.1, 0.15) is 11.2 Å². The minimum absolute atomic E-state index is 0.227. The van der Waals surface area contributed by atoms with E-state index in [0.717, 1.165) is 51.5 Å². The Morgan fingerprint density at radius 3 is 2.21 bits per heavy atom. The van der Waals surface area contributed by atoms with E-state index in [1.165, 1.54) is 66.4 Å². The Labute approximate surface area is 324 Å². The Hall–Kier alpha value is -6.91. The van der Waals surface area contributed by atoms with Gasteiger partial charge in [0.05, 0.1) is 0 Å². The van der Waals surface area contributed by atoms with Crippen LogP contribution in [0, 0.1) is 0 Å². The highest BCUT2D eigenvalue weighted by molar-refractivity contribution is 6.13. The van der Waals surface area contributed by atoms with E-state index in [1.807, 2.05) is 24.3 Å². The lowest BCUT2D eigenvalue weighted by atomic mass is 9.79. The van der Waals surface area contributed by atoms with Crippen molar-refractivity contribution in [3.63, 3.8) is 0 Å². The number of hydrogen-bond donors (Lipinski definition) is 0. The number of fused-ring (bicyclic) bond motifs is 6. The van der Waals surface area contributed by atoms with Crippen LogP contribution in [0.15, 0.2) is 150 Å². The summed E-state index contributed by atoms with van der Waals surface area (Å²) in [7, 11) is 0. The third-order valence-electron chi connectivity index (χ3n) is 12.4. The van der Waals surface area contributed by atoms with Gasteiger partial charge in [0.15, 0.2) is 17.5 Å². The number of aromatic nitrogens is 3. The van der Waals surface area contributed by atoms with Crippen LogP contribution in [-0.2, 0) is 11.8 Å². The van der Waals surface area contributed by atoms with Crippen LogP contribution in [0.25, 0.3) is 101 Å². The fourth-order valence-corrected chi connectivity index (χ4v) is 9.85. The summed E-state index contributed by atoms with van der Waals surface area (Å²) in [4.78, 5) is 15.8. The van der Waals surface area contributed by atoms with E-state index >= 15 is 0 Å². The Morgan fingerprint density at radius 1 is 0.554 bits per heavy atom. The van der Waals surface area contributed by atoms with Gasteiger partial charge in [-0.15, -0.1) is 0 Å². The maximum atomic E-state index is 6.58. The van der Waals surface area contributed by atoms with E-state index in [4.69, 9.17) is 19.4 Å². The first-order valence-electron chi connectivity index (χ1n) is 19.5. The molecule has 9 aromatic rings. The predicted molar refractivity (Wildman–Crippen MR) is 229 cm³/mol. The standard InChI is InChI=1S/C52H35N3O/c1-52(2)42-19-7-6-15-36(42)38-16-9-18-40(48(38)52)51-54-49(33-11-4-3-5-12-33)53-50(55-51)39-17-10-20-44-47(39)41-29-34(25-28-43(41)56-44)35-26-23-32-22-21-30-13-8-14-31-24-27-37(35)46(32)45(30)31/h3-13,15-26,28-29H,14,27H2,1-2H3. The smallest absolute Gasteiger partial charge is 0.164 e. The van der Waals surface area contributed by atoms with Gasteiger partial charge in [0, 0.05) is 32.9 Å². The molecule has 4 heteroatoms. The van der Waals surface area contributed by atoms with Gasteiger partial charge in [-0.05, 0) is 97.5 Å². The molecule has 0 unspecified atom stereocenters. The molecule has 0 atom stereocenters. The van der Waals surface area contributed by atoms with E-state index in [9.17, 15) is 0 Å². The second kappa shape index (κ2) is 11.5. The van der Waals surface area contributed by atoms with Crippen molar-refractivity contribution in [3.8, 4) is 56.4 Å². The summed E-state index contributed by atoms with van der Waals surface area (Å²) in [5, 5.41) is 4.75. The van der Waals surface area contributed by atoms with Crippen molar-refractivity contribution in [2.24, 2.45) is 0 Å². The first-order valence-corrected chi connectivity index (χ1v) is 19.5. The minimum atomic E-state index is -0.227. The van der Waals surface area contributed by atoms with Gasteiger partial charge in [-0.2, -0.15) is 0 Å². The normalized spacial score (nSPS) is 14.6. The summed E-state index contributed by atoms with van der Waals surface area (Å²) in [5.41, 5.74) is 17.4. The van der Waals surface area contributed by atoms with Gasteiger partial charge in [0.25, 0.3) is 0 Å². The molecule has 0 saturated carbocycles. The van der Waals surface area contributed by atoms with Gasteiger partial charge in [-0.3, -0.25) is 0 Å². The summed E-state index contributed by atoms with van der Waals surface area (Å²) >= 11 is 0. The molecule has 2 heterocycles. The van der Waals surface area contributed by atoms with Crippen molar-refractivity contribution in [2.45, 2.75) is 32.1 Å². The molecule has 7 aromatic carbocycles. The maximum absolute atomic E-state index is 6.58. The molecule has 0 amide bonds. The Kier molecular flexibility index (Phi) is 6.48. The zero-order valence-electron chi connectivity index (χ0n) is 31.1. The lowest BCUT2D eigenvalue weighted by molar-refractivity contribution is 0.661. The molecular formula is C52H35N3O. The summed E-state index contributed by atoms with van der Waals surface area (Å²) in [6.45, 7) is 4.62. The summed E-state index contributed by atoms with van der Waals surface area (Å²) in [6.07, 6.45) is 8.91. The highest BCUT2D eigenvalue weighted by atomic mass is 16.3. The molecule has 4 nitrogen and oxygen atoms in total. The highest BCUT2D eigenvalue weighted by Crippen LogP contribution is 2.52. The van der Waals surface area contributed by atoms with Crippen LogP contribution in [-0.4, -0.2) is 15.0 Å². The minimum Gasteiger partial charge on any atom is -0.456 e. The molecule has 3 aliphatic rings. The summed E-state index contributed by atoms with van der Waals surface area (Å²) < 4.78 is 6.58. The number of furan rings is 1. The fourth-order valence-electron chi connectivity index (χ4n) is 9.85. The first-order chi connectivity index (χ1) is 27.5. The molecule has 0 saturated heterocycles. The quantitative estimate of drug-likeness (QED) is 0.182. The molecule has 0 radical (unpaired) electrons. The molecule has 0 bridgehead atoms. The van der Waals surface area contributed by atoms with Crippen molar-refractivity contribution in [3.05, 3.63) is 173 Å². The zero-order chi connectivity index (χ0) is 37.1. The lowest BCUT2D eigenvalue weighted by Gasteiger charge is -2.25. The fraction of sp³-hybridized carbons (Fsp3) is 0.0962. The van der Waals surface area contributed by atoms with Gasteiger partial charge < -0.3 is 4.42 Å². The summed E-state index contributed by atoms with van der Waals surface area (Å²) in [6, 6.07) is 47.5. The number of hydrogen-bond acceptors (Lipinski definition) is 4. The second-order valence-electron chi connectivity index (χ2n) is 15.8. The largest absolute Gasteiger partial charge is 0.456 e. The predicted octanol–water partition coefficient (Wildman–Crippen LogP) is 13.3. The van der Waals surface area contributed by atoms with Crippen molar-refractivity contribution in [2.75, 3.05) is 0 Å². The number of nitrogens with zero attached hydrogens (tertiary/aromatic N) is 3. The van der Waals surface area contributed by atoms with Crippen molar-refractivity contribution in [1.82, 2.24) is 15.0 Å². The highest BCUT2D eigenvalue weighted by Gasteiger charge is 2.38. The number of rotatable bonds is 4. The average molecular weight is 718 g/mol. The maximum Gasteiger partial charge on any atom is 0.164 e. The van der Waals surface area contributed by atoms with Crippen molar-refractivity contribution < 1.29 is 4.42 Å². The van der Waals surface area contributed by atoms with Crippen LogP contribution in [0.1, 0.15) is 48.1 Å². The Morgan fingerprint density at radius 2 is 1.30 bits per heavy atom. The van der Waals surface area contributed by atoms with Crippen molar-refractivity contribution in [1.29, 1.82) is 0 Å². The number of allylic oxidation sites excluding steroid dienone is 3. The second-order valence-corrected chi connectivity index (χ2v) is 15.8. The molecular weight excluding hydrogens is 683 g/mol.